The third-order valence-electron chi connectivity index (χ3n) is 3.66. The van der Waals surface area contributed by atoms with E-state index in [1.807, 2.05) is 11.0 Å². The van der Waals surface area contributed by atoms with Gasteiger partial charge < -0.3 is 10.2 Å². The average Bonchev–Trinajstić information content (AvgIpc) is 2.85. The molecule has 17 heavy (non-hydrogen) atoms. The zero-order chi connectivity index (χ0) is 11.8. The maximum Gasteiger partial charge on any atom is 0.225 e. The van der Waals surface area contributed by atoms with Gasteiger partial charge in [0.05, 0.1) is 12.1 Å². The number of fused-ring (bicyclic) bond motifs is 1. The molecule has 90 valence electrons. The molecule has 3 nitrogen and oxygen atoms in total. The van der Waals surface area contributed by atoms with Crippen LogP contribution < -0.4 is 5.32 Å². The lowest BCUT2D eigenvalue weighted by atomic mass is 10.1. The number of halogens is 1. The summed E-state index contributed by atoms with van der Waals surface area (Å²) in [6.45, 7) is 0.880. The zero-order valence-corrected chi connectivity index (χ0v) is 9.53. The van der Waals surface area contributed by atoms with E-state index in [4.69, 9.17) is 0 Å². The summed E-state index contributed by atoms with van der Waals surface area (Å²) in [5.41, 5.74) is 0.761. The Kier molecular flexibility index (Phi) is 2.50. The topological polar surface area (TPSA) is 32.3 Å². The quantitative estimate of drug-likeness (QED) is 0.848. The van der Waals surface area contributed by atoms with Crippen LogP contribution in [-0.4, -0.2) is 29.4 Å². The lowest BCUT2D eigenvalue weighted by Gasteiger charge is -2.21. The van der Waals surface area contributed by atoms with Gasteiger partial charge in [-0.25, -0.2) is 4.39 Å². The second kappa shape index (κ2) is 4.02. The molecule has 2 aliphatic rings. The van der Waals surface area contributed by atoms with Crippen molar-refractivity contribution in [2.24, 2.45) is 0 Å². The van der Waals surface area contributed by atoms with Gasteiger partial charge in [0.1, 0.15) is 5.82 Å². The van der Waals surface area contributed by atoms with E-state index in [0.717, 1.165) is 25.1 Å². The van der Waals surface area contributed by atoms with Crippen molar-refractivity contribution in [3.05, 3.63) is 30.1 Å². The van der Waals surface area contributed by atoms with Gasteiger partial charge in [-0.3, -0.25) is 4.79 Å². The van der Waals surface area contributed by atoms with Gasteiger partial charge >= 0.3 is 0 Å². The Hall–Kier alpha value is -1.58. The van der Waals surface area contributed by atoms with Crippen molar-refractivity contribution in [1.29, 1.82) is 0 Å². The SMILES string of the molecule is O=C1CC(Nc2cccc(F)c2)C2CCCN12. The third-order valence-corrected chi connectivity index (χ3v) is 3.66. The van der Waals surface area contributed by atoms with Crippen molar-refractivity contribution in [2.75, 3.05) is 11.9 Å². The number of hydrogen-bond acceptors (Lipinski definition) is 2. The van der Waals surface area contributed by atoms with E-state index in [-0.39, 0.29) is 17.8 Å². The number of benzene rings is 1. The van der Waals surface area contributed by atoms with Crippen molar-refractivity contribution in [3.63, 3.8) is 0 Å². The predicted molar refractivity (Wildman–Crippen MR) is 63.2 cm³/mol. The molecular formula is C13H15FN2O. The first-order valence-electron chi connectivity index (χ1n) is 6.05. The van der Waals surface area contributed by atoms with Gasteiger partial charge in [-0.15, -0.1) is 0 Å². The predicted octanol–water partition coefficient (Wildman–Crippen LogP) is 2.00. The molecule has 1 aromatic carbocycles. The number of hydrogen-bond donors (Lipinski definition) is 1. The molecule has 2 fully saturated rings. The van der Waals surface area contributed by atoms with Crippen molar-refractivity contribution >= 4 is 11.6 Å². The van der Waals surface area contributed by atoms with Gasteiger partial charge in [-0.1, -0.05) is 6.07 Å². The zero-order valence-electron chi connectivity index (χ0n) is 9.53. The Labute approximate surface area is 99.6 Å². The van der Waals surface area contributed by atoms with Crippen LogP contribution in [0.25, 0.3) is 0 Å². The van der Waals surface area contributed by atoms with Gasteiger partial charge in [-0.05, 0) is 31.0 Å². The first kappa shape index (κ1) is 10.6. The van der Waals surface area contributed by atoms with Crippen LogP contribution in [-0.2, 0) is 4.79 Å². The minimum absolute atomic E-state index is 0.131. The molecule has 2 saturated heterocycles. The van der Waals surface area contributed by atoms with E-state index in [0.29, 0.717) is 12.5 Å². The summed E-state index contributed by atoms with van der Waals surface area (Å²) in [6.07, 6.45) is 2.66. The lowest BCUT2D eigenvalue weighted by Crippen LogP contribution is -2.34. The van der Waals surface area contributed by atoms with Gasteiger partial charge in [-0.2, -0.15) is 0 Å². The van der Waals surface area contributed by atoms with Gasteiger partial charge in [0.2, 0.25) is 5.91 Å². The van der Waals surface area contributed by atoms with Crippen molar-refractivity contribution in [1.82, 2.24) is 4.90 Å². The summed E-state index contributed by atoms with van der Waals surface area (Å²) in [5, 5.41) is 3.28. The third kappa shape index (κ3) is 1.88. The van der Waals surface area contributed by atoms with Gasteiger partial charge in [0.25, 0.3) is 0 Å². The van der Waals surface area contributed by atoms with E-state index >= 15 is 0 Å². The summed E-state index contributed by atoms with van der Waals surface area (Å²) < 4.78 is 13.1. The minimum atomic E-state index is -0.248. The minimum Gasteiger partial charge on any atom is -0.380 e. The van der Waals surface area contributed by atoms with Crippen LogP contribution in [0.3, 0.4) is 0 Å². The molecule has 1 N–H and O–H groups in total. The van der Waals surface area contributed by atoms with Gasteiger partial charge in [0, 0.05) is 18.7 Å². The van der Waals surface area contributed by atoms with Crippen LogP contribution in [0.15, 0.2) is 24.3 Å². The molecule has 0 bridgehead atoms. The van der Waals surface area contributed by atoms with Crippen LogP contribution in [0, 0.1) is 5.82 Å². The Morgan fingerprint density at radius 1 is 1.41 bits per heavy atom. The molecule has 3 rings (SSSR count). The summed E-state index contributed by atoms with van der Waals surface area (Å²) in [4.78, 5) is 13.7. The van der Waals surface area contributed by atoms with Crippen LogP contribution in [0.2, 0.25) is 0 Å². The molecular weight excluding hydrogens is 219 g/mol. The van der Waals surface area contributed by atoms with E-state index < -0.39 is 0 Å². The fourth-order valence-electron chi connectivity index (χ4n) is 2.90. The van der Waals surface area contributed by atoms with Crippen LogP contribution in [0.4, 0.5) is 10.1 Å². The molecule has 0 spiro atoms. The maximum atomic E-state index is 13.1. The Bertz CT molecular complexity index is 449. The summed E-state index contributed by atoms with van der Waals surface area (Å²) >= 11 is 0. The number of carbonyl (C=O) groups is 1. The van der Waals surface area contributed by atoms with Crippen molar-refractivity contribution in [2.45, 2.75) is 31.3 Å². The molecule has 1 amide bonds. The monoisotopic (exact) mass is 234 g/mol. The fourth-order valence-corrected chi connectivity index (χ4v) is 2.90. The average molecular weight is 234 g/mol. The molecule has 0 aliphatic carbocycles. The highest BCUT2D eigenvalue weighted by atomic mass is 19.1. The Balaban J connectivity index is 1.75. The molecule has 0 aromatic heterocycles. The number of anilines is 1. The highest BCUT2D eigenvalue weighted by Crippen LogP contribution is 2.31. The molecule has 2 aliphatic heterocycles. The number of nitrogens with one attached hydrogen (secondary N) is 1. The van der Waals surface area contributed by atoms with Crippen molar-refractivity contribution < 1.29 is 9.18 Å². The van der Waals surface area contributed by atoms with E-state index in [1.165, 1.54) is 12.1 Å². The summed E-state index contributed by atoms with van der Waals surface area (Å²) in [6, 6.07) is 6.85. The highest BCUT2D eigenvalue weighted by molar-refractivity contribution is 5.81. The summed E-state index contributed by atoms with van der Waals surface area (Å²) in [7, 11) is 0. The van der Waals surface area contributed by atoms with Gasteiger partial charge in [0.15, 0.2) is 0 Å². The Morgan fingerprint density at radius 3 is 3.12 bits per heavy atom. The van der Waals surface area contributed by atoms with Crippen LogP contribution in [0.1, 0.15) is 19.3 Å². The summed E-state index contributed by atoms with van der Waals surface area (Å²) in [5.74, 6) is -0.0241. The van der Waals surface area contributed by atoms with E-state index in [2.05, 4.69) is 5.32 Å². The molecule has 2 heterocycles. The highest BCUT2D eigenvalue weighted by Gasteiger charge is 2.42. The number of rotatable bonds is 2. The first-order valence-corrected chi connectivity index (χ1v) is 6.05. The molecule has 4 heteroatoms. The second-order valence-electron chi connectivity index (χ2n) is 4.76. The first-order chi connectivity index (χ1) is 8.24. The Morgan fingerprint density at radius 2 is 2.29 bits per heavy atom. The number of nitrogens with zero attached hydrogens (tertiary/aromatic N) is 1. The molecule has 2 unspecified atom stereocenters. The standard InChI is InChI=1S/C13H15FN2O/c14-9-3-1-4-10(7-9)15-11-8-13(17)16-6-2-5-12(11)16/h1,3-4,7,11-12,15H,2,5-6,8H2. The second-order valence-corrected chi connectivity index (χ2v) is 4.76. The normalized spacial score (nSPS) is 27.4. The number of amides is 1. The maximum absolute atomic E-state index is 13.1. The van der Waals surface area contributed by atoms with Crippen LogP contribution >= 0.6 is 0 Å². The molecule has 2 atom stereocenters. The molecule has 0 saturated carbocycles. The van der Waals surface area contributed by atoms with Crippen molar-refractivity contribution in [3.8, 4) is 0 Å². The molecule has 0 radical (unpaired) electrons. The largest absolute Gasteiger partial charge is 0.380 e. The fraction of sp³-hybridized carbons (Fsp3) is 0.462. The van der Waals surface area contributed by atoms with E-state index in [1.54, 1.807) is 6.07 Å². The number of carbonyl (C=O) groups excluding carboxylic acids is 1. The van der Waals surface area contributed by atoms with E-state index in [9.17, 15) is 9.18 Å². The lowest BCUT2D eigenvalue weighted by molar-refractivity contribution is -0.127. The smallest absolute Gasteiger partial charge is 0.225 e. The molecule has 1 aromatic rings. The van der Waals surface area contributed by atoms with Crippen LogP contribution in [0.5, 0.6) is 0 Å².